The monoisotopic (exact) mass is 152 g/mol. The number of nitrogens with zero attached hydrogens (tertiary/aromatic N) is 2. The summed E-state index contributed by atoms with van der Waals surface area (Å²) < 4.78 is 1.59. The summed E-state index contributed by atoms with van der Waals surface area (Å²) in [5.41, 5.74) is 1.03. The van der Waals surface area contributed by atoms with Crippen LogP contribution in [-0.2, 0) is 11.2 Å². The van der Waals surface area contributed by atoms with E-state index in [1.54, 1.807) is 10.9 Å². The third-order valence-corrected chi connectivity index (χ3v) is 2.01. The number of carboxylic acids is 1. The van der Waals surface area contributed by atoms with Crippen LogP contribution < -0.4 is 0 Å². The molecule has 4 heteroatoms. The highest BCUT2D eigenvalue weighted by atomic mass is 16.4. The fraction of sp³-hybridized carbons (Fsp3) is 0.429. The zero-order chi connectivity index (χ0) is 7.84. The van der Waals surface area contributed by atoms with E-state index in [1.165, 1.54) is 0 Å². The van der Waals surface area contributed by atoms with Crippen molar-refractivity contribution in [3.63, 3.8) is 0 Å². The Morgan fingerprint density at radius 2 is 2.64 bits per heavy atom. The van der Waals surface area contributed by atoms with E-state index in [2.05, 4.69) is 5.10 Å². The number of rotatable bonds is 1. The Bertz CT molecular complexity index is 292. The SMILES string of the molecule is O=C(O)[C@@H]1CCc2ccnn21. The molecule has 1 atom stereocenters. The molecule has 11 heavy (non-hydrogen) atoms. The molecule has 2 rings (SSSR count). The summed E-state index contributed by atoms with van der Waals surface area (Å²) in [6.07, 6.45) is 3.15. The van der Waals surface area contributed by atoms with Crippen LogP contribution in [-0.4, -0.2) is 20.9 Å². The first-order valence-electron chi connectivity index (χ1n) is 3.54. The number of aromatic nitrogens is 2. The number of aliphatic carboxylic acids is 1. The van der Waals surface area contributed by atoms with E-state index >= 15 is 0 Å². The van der Waals surface area contributed by atoms with Gasteiger partial charge in [-0.3, -0.25) is 4.68 Å². The van der Waals surface area contributed by atoms with Gasteiger partial charge in [0.2, 0.25) is 0 Å². The van der Waals surface area contributed by atoms with Crippen molar-refractivity contribution in [3.05, 3.63) is 18.0 Å². The Hall–Kier alpha value is -1.32. The number of carboxylic acid groups (broad SMARTS) is 1. The highest BCUT2D eigenvalue weighted by molar-refractivity contribution is 5.72. The molecule has 0 saturated heterocycles. The molecular weight excluding hydrogens is 144 g/mol. The second-order valence-electron chi connectivity index (χ2n) is 2.66. The first kappa shape index (κ1) is 6.39. The van der Waals surface area contributed by atoms with Gasteiger partial charge in [-0.25, -0.2) is 4.79 Å². The predicted octanol–water partition coefficient (Wildman–Crippen LogP) is 0.455. The highest BCUT2D eigenvalue weighted by Crippen LogP contribution is 2.23. The van der Waals surface area contributed by atoms with E-state index in [-0.39, 0.29) is 0 Å². The van der Waals surface area contributed by atoms with E-state index < -0.39 is 12.0 Å². The minimum absolute atomic E-state index is 0.431. The second kappa shape index (κ2) is 2.08. The van der Waals surface area contributed by atoms with Crippen LogP contribution in [0.5, 0.6) is 0 Å². The molecule has 1 aliphatic rings. The molecule has 0 spiro atoms. The molecule has 0 bridgehead atoms. The molecule has 58 valence electrons. The number of hydrogen-bond donors (Lipinski definition) is 1. The van der Waals surface area contributed by atoms with Gasteiger partial charge in [0.25, 0.3) is 0 Å². The summed E-state index contributed by atoms with van der Waals surface area (Å²) in [5, 5.41) is 12.7. The summed E-state index contributed by atoms with van der Waals surface area (Å²) in [6.45, 7) is 0. The van der Waals surface area contributed by atoms with E-state index in [1.807, 2.05) is 6.07 Å². The van der Waals surface area contributed by atoms with Gasteiger partial charge in [-0.05, 0) is 18.9 Å². The van der Waals surface area contributed by atoms with Crippen LogP contribution in [0.15, 0.2) is 12.3 Å². The lowest BCUT2D eigenvalue weighted by Gasteiger charge is -2.03. The molecule has 0 radical (unpaired) electrons. The Morgan fingerprint density at radius 1 is 1.82 bits per heavy atom. The van der Waals surface area contributed by atoms with Crippen LogP contribution in [0, 0.1) is 0 Å². The Balaban J connectivity index is 2.38. The lowest BCUT2D eigenvalue weighted by molar-refractivity contribution is -0.140. The topological polar surface area (TPSA) is 55.1 Å². The van der Waals surface area contributed by atoms with Gasteiger partial charge in [0.1, 0.15) is 6.04 Å². The van der Waals surface area contributed by atoms with Crippen molar-refractivity contribution >= 4 is 5.97 Å². The first-order chi connectivity index (χ1) is 5.29. The third kappa shape index (κ3) is 0.824. The maximum atomic E-state index is 10.6. The highest BCUT2D eigenvalue weighted by Gasteiger charge is 2.27. The van der Waals surface area contributed by atoms with E-state index in [0.29, 0.717) is 6.42 Å². The van der Waals surface area contributed by atoms with Gasteiger partial charge in [-0.2, -0.15) is 5.10 Å². The van der Waals surface area contributed by atoms with Crippen molar-refractivity contribution in [1.29, 1.82) is 0 Å². The largest absolute Gasteiger partial charge is 0.480 e. The molecule has 4 nitrogen and oxygen atoms in total. The molecule has 0 fully saturated rings. The Morgan fingerprint density at radius 3 is 3.36 bits per heavy atom. The van der Waals surface area contributed by atoms with Gasteiger partial charge in [-0.1, -0.05) is 0 Å². The average Bonchev–Trinajstić information content (AvgIpc) is 2.41. The number of hydrogen-bond acceptors (Lipinski definition) is 2. The molecule has 0 unspecified atom stereocenters. The summed E-state index contributed by atoms with van der Waals surface area (Å²) in [6, 6.07) is 1.43. The summed E-state index contributed by atoms with van der Waals surface area (Å²) in [7, 11) is 0. The standard InChI is InChI=1S/C7H8N2O2/c10-7(11)6-2-1-5-3-4-8-9(5)6/h3-4,6H,1-2H2,(H,10,11)/t6-/m0/s1. The number of aryl methyl sites for hydroxylation is 1. The summed E-state index contributed by atoms with van der Waals surface area (Å²) >= 11 is 0. The lowest BCUT2D eigenvalue weighted by Crippen LogP contribution is -2.15. The zero-order valence-corrected chi connectivity index (χ0v) is 5.90. The van der Waals surface area contributed by atoms with Crippen molar-refractivity contribution in [3.8, 4) is 0 Å². The maximum absolute atomic E-state index is 10.6. The van der Waals surface area contributed by atoms with E-state index in [0.717, 1.165) is 12.1 Å². The van der Waals surface area contributed by atoms with Gasteiger partial charge >= 0.3 is 5.97 Å². The minimum atomic E-state index is -0.785. The molecule has 1 aromatic heterocycles. The Kier molecular flexibility index (Phi) is 1.21. The second-order valence-corrected chi connectivity index (χ2v) is 2.66. The first-order valence-corrected chi connectivity index (χ1v) is 3.54. The van der Waals surface area contributed by atoms with Gasteiger partial charge in [0, 0.05) is 11.9 Å². The molecule has 1 aliphatic heterocycles. The van der Waals surface area contributed by atoms with Crippen LogP contribution in [0.1, 0.15) is 18.2 Å². The smallest absolute Gasteiger partial charge is 0.328 e. The zero-order valence-electron chi connectivity index (χ0n) is 5.90. The number of carbonyl (C=O) groups is 1. The van der Waals surface area contributed by atoms with E-state index in [9.17, 15) is 4.79 Å². The summed E-state index contributed by atoms with van der Waals surface area (Å²) in [5.74, 6) is -0.785. The van der Waals surface area contributed by atoms with Gasteiger partial charge in [0.05, 0.1) is 0 Å². The van der Waals surface area contributed by atoms with Crippen molar-refractivity contribution in [2.75, 3.05) is 0 Å². The molecule has 0 aromatic carbocycles. The van der Waals surface area contributed by atoms with Crippen LogP contribution in [0.3, 0.4) is 0 Å². The quantitative estimate of drug-likeness (QED) is 0.635. The molecule has 0 saturated carbocycles. The fourth-order valence-corrected chi connectivity index (χ4v) is 1.46. The van der Waals surface area contributed by atoms with Gasteiger partial charge in [-0.15, -0.1) is 0 Å². The minimum Gasteiger partial charge on any atom is -0.480 e. The number of fused-ring (bicyclic) bond motifs is 1. The van der Waals surface area contributed by atoms with Crippen LogP contribution in [0.2, 0.25) is 0 Å². The molecule has 0 amide bonds. The molecule has 1 aromatic rings. The average molecular weight is 152 g/mol. The fourth-order valence-electron chi connectivity index (χ4n) is 1.46. The van der Waals surface area contributed by atoms with Crippen LogP contribution in [0.25, 0.3) is 0 Å². The van der Waals surface area contributed by atoms with Crippen molar-refractivity contribution < 1.29 is 9.90 Å². The van der Waals surface area contributed by atoms with E-state index in [4.69, 9.17) is 5.11 Å². The van der Waals surface area contributed by atoms with Gasteiger partial charge in [0.15, 0.2) is 0 Å². The van der Waals surface area contributed by atoms with Crippen LogP contribution >= 0.6 is 0 Å². The molecule has 1 N–H and O–H groups in total. The lowest BCUT2D eigenvalue weighted by atomic mass is 10.2. The van der Waals surface area contributed by atoms with Crippen LogP contribution in [0.4, 0.5) is 0 Å². The third-order valence-electron chi connectivity index (χ3n) is 2.01. The Labute approximate surface area is 63.4 Å². The van der Waals surface area contributed by atoms with Crippen molar-refractivity contribution in [2.45, 2.75) is 18.9 Å². The van der Waals surface area contributed by atoms with Crippen molar-refractivity contribution in [2.24, 2.45) is 0 Å². The normalized spacial score (nSPS) is 21.6. The van der Waals surface area contributed by atoms with Gasteiger partial charge < -0.3 is 5.11 Å². The van der Waals surface area contributed by atoms with Crippen molar-refractivity contribution in [1.82, 2.24) is 9.78 Å². The summed E-state index contributed by atoms with van der Waals surface area (Å²) in [4.78, 5) is 10.6. The molecular formula is C7H8N2O2. The molecule has 2 heterocycles. The maximum Gasteiger partial charge on any atom is 0.328 e. The molecule has 0 aliphatic carbocycles. The predicted molar refractivity (Wildman–Crippen MR) is 37.2 cm³/mol.